The molecule has 0 unspecified atom stereocenters. The summed E-state index contributed by atoms with van der Waals surface area (Å²) in [5.41, 5.74) is -0.563. The van der Waals surface area contributed by atoms with Gasteiger partial charge in [-0.2, -0.15) is 0 Å². The largest absolute Gasteiger partial charge is 0.494 e. The number of rotatable bonds is 8. The summed E-state index contributed by atoms with van der Waals surface area (Å²) in [6, 6.07) is 6.94. The highest BCUT2D eigenvalue weighted by molar-refractivity contribution is 5.71. The molecule has 0 bridgehead atoms. The lowest BCUT2D eigenvalue weighted by molar-refractivity contribution is -0.145. The fraction of sp³-hybridized carbons (Fsp3) is 0.529. The minimum Gasteiger partial charge on any atom is -0.494 e. The molecule has 1 aromatic rings. The average Bonchev–Trinajstić information content (AvgIpc) is 2.49. The molecule has 0 heterocycles. The monoisotopic (exact) mass is 339 g/mol. The number of ether oxygens (including phenoxy) is 4. The molecule has 0 fully saturated rings. The molecule has 0 aliphatic carbocycles. The molecule has 1 amide bonds. The summed E-state index contributed by atoms with van der Waals surface area (Å²) >= 11 is 0. The molecule has 1 rings (SSSR count). The van der Waals surface area contributed by atoms with Crippen LogP contribution in [0.2, 0.25) is 0 Å². The Balaban J connectivity index is 2.17. The Morgan fingerprint density at radius 3 is 2.17 bits per heavy atom. The van der Waals surface area contributed by atoms with E-state index in [0.717, 1.165) is 5.75 Å². The highest BCUT2D eigenvalue weighted by Gasteiger charge is 2.15. The van der Waals surface area contributed by atoms with Gasteiger partial charge in [-0.1, -0.05) is 0 Å². The van der Waals surface area contributed by atoms with Crippen LogP contribution in [0.5, 0.6) is 11.5 Å². The van der Waals surface area contributed by atoms with Gasteiger partial charge >= 0.3 is 12.1 Å². The normalized spacial score (nSPS) is 10.7. The van der Waals surface area contributed by atoms with Gasteiger partial charge in [0.1, 0.15) is 23.7 Å². The van der Waals surface area contributed by atoms with E-state index >= 15 is 0 Å². The Hall–Kier alpha value is -2.44. The maximum atomic E-state index is 11.5. The van der Waals surface area contributed by atoms with E-state index < -0.39 is 17.7 Å². The predicted octanol–water partition coefficient (Wildman–Crippen LogP) is 2.53. The molecule has 1 N–H and O–H groups in total. The van der Waals surface area contributed by atoms with E-state index in [1.54, 1.807) is 45.0 Å². The first-order valence-electron chi connectivity index (χ1n) is 7.78. The first-order chi connectivity index (χ1) is 11.3. The Kier molecular flexibility index (Phi) is 7.88. The summed E-state index contributed by atoms with van der Waals surface area (Å²) in [7, 11) is 0. The van der Waals surface area contributed by atoms with Gasteiger partial charge in [0.25, 0.3) is 0 Å². The van der Waals surface area contributed by atoms with E-state index in [1.807, 2.05) is 6.92 Å². The Morgan fingerprint density at radius 1 is 1.04 bits per heavy atom. The van der Waals surface area contributed by atoms with Gasteiger partial charge in [0.05, 0.1) is 13.2 Å². The van der Waals surface area contributed by atoms with E-state index in [2.05, 4.69) is 5.32 Å². The molecule has 134 valence electrons. The summed E-state index contributed by atoms with van der Waals surface area (Å²) in [6.07, 6.45) is -0.552. The molecule has 0 radical (unpaired) electrons. The molecule has 0 atom stereocenters. The number of carbonyl (C=O) groups is 2. The maximum Gasteiger partial charge on any atom is 0.407 e. The van der Waals surface area contributed by atoms with Gasteiger partial charge in [0.2, 0.25) is 0 Å². The molecule has 24 heavy (non-hydrogen) atoms. The third-order valence-corrected chi connectivity index (χ3v) is 2.52. The second-order valence-electron chi connectivity index (χ2n) is 5.84. The summed E-state index contributed by atoms with van der Waals surface area (Å²) in [4.78, 5) is 22.9. The fourth-order valence-corrected chi connectivity index (χ4v) is 1.61. The van der Waals surface area contributed by atoms with Crippen LogP contribution in [0.25, 0.3) is 0 Å². The van der Waals surface area contributed by atoms with Crippen LogP contribution in [-0.2, 0) is 14.3 Å². The average molecular weight is 339 g/mol. The molecule has 1 aromatic carbocycles. The zero-order valence-corrected chi connectivity index (χ0v) is 14.6. The van der Waals surface area contributed by atoms with Crippen LogP contribution < -0.4 is 14.8 Å². The summed E-state index contributed by atoms with van der Waals surface area (Å²) in [6.45, 7) is 7.80. The number of hydrogen-bond acceptors (Lipinski definition) is 6. The van der Waals surface area contributed by atoms with Crippen molar-refractivity contribution in [3.63, 3.8) is 0 Å². The van der Waals surface area contributed by atoms with E-state index in [9.17, 15) is 9.59 Å². The molecule has 0 saturated heterocycles. The zero-order valence-electron chi connectivity index (χ0n) is 14.6. The molecule has 7 heteroatoms. The number of hydrogen-bond donors (Lipinski definition) is 1. The van der Waals surface area contributed by atoms with E-state index in [0.29, 0.717) is 12.4 Å². The van der Waals surface area contributed by atoms with Gasteiger partial charge in [0, 0.05) is 0 Å². The van der Waals surface area contributed by atoms with Gasteiger partial charge in [0.15, 0.2) is 6.61 Å². The SMILES string of the molecule is CCOc1ccc(OCC(=O)OCCNC(=O)OC(C)(C)C)cc1. The van der Waals surface area contributed by atoms with Crippen molar-refractivity contribution in [2.45, 2.75) is 33.3 Å². The van der Waals surface area contributed by atoms with Crippen molar-refractivity contribution in [2.24, 2.45) is 0 Å². The molecular weight excluding hydrogens is 314 g/mol. The minimum absolute atomic E-state index is 0.0463. The van der Waals surface area contributed by atoms with Crippen LogP contribution in [0, 0.1) is 0 Å². The third-order valence-electron chi connectivity index (χ3n) is 2.52. The molecular formula is C17H25NO6. The lowest BCUT2D eigenvalue weighted by Gasteiger charge is -2.19. The number of benzene rings is 1. The van der Waals surface area contributed by atoms with E-state index in [4.69, 9.17) is 18.9 Å². The van der Waals surface area contributed by atoms with Gasteiger partial charge in [-0.05, 0) is 52.0 Å². The van der Waals surface area contributed by atoms with Crippen molar-refractivity contribution in [1.82, 2.24) is 5.32 Å². The molecule has 0 aliphatic rings. The number of nitrogens with one attached hydrogen (secondary N) is 1. The Bertz CT molecular complexity index is 521. The molecule has 0 spiro atoms. The topological polar surface area (TPSA) is 83.1 Å². The summed E-state index contributed by atoms with van der Waals surface area (Å²) in [5.74, 6) is 0.762. The van der Waals surface area contributed by atoms with Crippen LogP contribution in [0.1, 0.15) is 27.7 Å². The van der Waals surface area contributed by atoms with Crippen LogP contribution in [0.4, 0.5) is 4.79 Å². The minimum atomic E-state index is -0.563. The van der Waals surface area contributed by atoms with E-state index in [-0.39, 0.29) is 19.8 Å². The number of amides is 1. The number of esters is 1. The van der Waals surface area contributed by atoms with Crippen molar-refractivity contribution < 1.29 is 28.5 Å². The van der Waals surface area contributed by atoms with Crippen molar-refractivity contribution in [3.8, 4) is 11.5 Å². The summed E-state index contributed by atoms with van der Waals surface area (Å²) in [5, 5.41) is 2.49. The van der Waals surface area contributed by atoms with Gasteiger partial charge in [-0.3, -0.25) is 0 Å². The van der Waals surface area contributed by atoms with Crippen molar-refractivity contribution in [1.29, 1.82) is 0 Å². The first kappa shape index (κ1) is 19.6. The number of carbonyl (C=O) groups excluding carboxylic acids is 2. The van der Waals surface area contributed by atoms with Gasteiger partial charge < -0.3 is 24.3 Å². The van der Waals surface area contributed by atoms with Crippen LogP contribution in [0.3, 0.4) is 0 Å². The van der Waals surface area contributed by atoms with E-state index in [1.165, 1.54) is 0 Å². The smallest absolute Gasteiger partial charge is 0.407 e. The predicted molar refractivity (Wildman–Crippen MR) is 88.3 cm³/mol. The highest BCUT2D eigenvalue weighted by atomic mass is 16.6. The third kappa shape index (κ3) is 8.87. The fourth-order valence-electron chi connectivity index (χ4n) is 1.61. The maximum absolute atomic E-state index is 11.5. The van der Waals surface area contributed by atoms with Crippen molar-refractivity contribution in [2.75, 3.05) is 26.4 Å². The van der Waals surface area contributed by atoms with Gasteiger partial charge in [-0.25, -0.2) is 9.59 Å². The Morgan fingerprint density at radius 2 is 1.62 bits per heavy atom. The Labute approximate surface area is 142 Å². The molecule has 7 nitrogen and oxygen atoms in total. The van der Waals surface area contributed by atoms with Gasteiger partial charge in [-0.15, -0.1) is 0 Å². The highest BCUT2D eigenvalue weighted by Crippen LogP contribution is 2.17. The lowest BCUT2D eigenvalue weighted by atomic mass is 10.2. The standard InChI is InChI=1S/C17H25NO6/c1-5-21-13-6-8-14(9-7-13)23-12-15(19)22-11-10-18-16(20)24-17(2,3)4/h6-9H,5,10-12H2,1-4H3,(H,18,20). The molecule has 0 saturated carbocycles. The van der Waals surface area contributed by atoms with Crippen molar-refractivity contribution >= 4 is 12.1 Å². The zero-order chi connectivity index (χ0) is 18.0. The second-order valence-corrected chi connectivity index (χ2v) is 5.84. The summed E-state index contributed by atoms with van der Waals surface area (Å²) < 4.78 is 20.6. The van der Waals surface area contributed by atoms with Crippen molar-refractivity contribution in [3.05, 3.63) is 24.3 Å². The molecule has 0 aliphatic heterocycles. The quantitative estimate of drug-likeness (QED) is 0.579. The second kappa shape index (κ2) is 9.64. The first-order valence-corrected chi connectivity index (χ1v) is 7.78. The number of alkyl carbamates (subject to hydrolysis) is 1. The van der Waals surface area contributed by atoms with Crippen LogP contribution in [-0.4, -0.2) is 44.0 Å². The molecule has 0 aromatic heterocycles. The lowest BCUT2D eigenvalue weighted by Crippen LogP contribution is -2.34. The van der Waals surface area contributed by atoms with Crippen LogP contribution in [0.15, 0.2) is 24.3 Å². The van der Waals surface area contributed by atoms with Crippen LogP contribution >= 0.6 is 0 Å².